The van der Waals surface area contributed by atoms with Crippen LogP contribution in [0.5, 0.6) is 0 Å². The zero-order valence-corrected chi connectivity index (χ0v) is 18.7. The molecule has 0 aliphatic rings. The molecule has 6 aromatic rings. The number of aromatic nitrogens is 5. The smallest absolute Gasteiger partial charge is 0.141 e. The van der Waals surface area contributed by atoms with Gasteiger partial charge < -0.3 is 16.0 Å². The number of fused-ring (bicyclic) bond motifs is 2. The van der Waals surface area contributed by atoms with Gasteiger partial charge in [0, 0.05) is 34.9 Å². The quantitative estimate of drug-likeness (QED) is 0.309. The van der Waals surface area contributed by atoms with Crippen molar-refractivity contribution in [3.05, 3.63) is 103 Å². The van der Waals surface area contributed by atoms with Crippen LogP contribution in [0.15, 0.2) is 85.5 Å². The van der Waals surface area contributed by atoms with Crippen LogP contribution in [-0.4, -0.2) is 24.7 Å². The van der Waals surface area contributed by atoms with Crippen LogP contribution in [0.2, 0.25) is 0 Å². The number of halogens is 1. The lowest BCUT2D eigenvalue weighted by Gasteiger charge is -2.10. The van der Waals surface area contributed by atoms with E-state index in [1.807, 2.05) is 59.5 Å². The summed E-state index contributed by atoms with van der Waals surface area (Å²) in [6, 6.07) is 20.8. The van der Waals surface area contributed by atoms with Crippen molar-refractivity contribution in [2.24, 2.45) is 5.73 Å². The molecule has 7 nitrogen and oxygen atoms in total. The molecule has 0 aliphatic carbocycles. The van der Waals surface area contributed by atoms with E-state index in [0.29, 0.717) is 13.1 Å². The molecule has 6 rings (SSSR count). The zero-order chi connectivity index (χ0) is 23.8. The summed E-state index contributed by atoms with van der Waals surface area (Å²) in [6.45, 7) is 0.961. The number of nitrogens with one attached hydrogen (secondary N) is 2. The predicted molar refractivity (Wildman–Crippen MR) is 136 cm³/mol. The molecule has 0 fully saturated rings. The van der Waals surface area contributed by atoms with Gasteiger partial charge in [-0.3, -0.25) is 4.68 Å². The molecule has 35 heavy (non-hydrogen) atoms. The summed E-state index contributed by atoms with van der Waals surface area (Å²) in [7, 11) is 0. The highest BCUT2D eigenvalue weighted by Gasteiger charge is 2.10. The van der Waals surface area contributed by atoms with Crippen LogP contribution >= 0.6 is 0 Å². The fourth-order valence-electron chi connectivity index (χ4n) is 4.30. The lowest BCUT2D eigenvalue weighted by Crippen LogP contribution is -2.01. The number of hydrogen-bond donors (Lipinski definition) is 3. The molecule has 3 aromatic carbocycles. The lowest BCUT2D eigenvalue weighted by molar-refractivity contribution is 0.621. The minimum absolute atomic E-state index is 0.248. The molecule has 172 valence electrons. The molecule has 0 saturated heterocycles. The van der Waals surface area contributed by atoms with Crippen LogP contribution in [0.25, 0.3) is 32.9 Å². The Bertz CT molecular complexity index is 1670. The average molecular weight is 464 g/mol. The maximum atomic E-state index is 13.6. The molecule has 4 N–H and O–H groups in total. The fourth-order valence-corrected chi connectivity index (χ4v) is 4.30. The van der Waals surface area contributed by atoms with E-state index < -0.39 is 0 Å². The second kappa shape index (κ2) is 8.66. The summed E-state index contributed by atoms with van der Waals surface area (Å²) in [6.07, 6.45) is 5.33. The third-order valence-corrected chi connectivity index (χ3v) is 6.06. The van der Waals surface area contributed by atoms with Gasteiger partial charge in [0.1, 0.15) is 18.0 Å². The Balaban J connectivity index is 1.31. The topological polar surface area (TPSA) is 97.4 Å². The molecule has 0 atom stereocenters. The standard InChI is InChI=1S/C27H22FN7/c28-21-3-1-2-17(8-21)15-35-26-7-5-22(10-20(26)14-33-35)34-27-24-11-18(4-6-25(24)31-16-32-27)19-9-23(12-29)30-13-19/h1-11,13-14,16,30H,12,15,29H2,(H,31,32,34). The van der Waals surface area contributed by atoms with Crippen LogP contribution < -0.4 is 11.1 Å². The lowest BCUT2D eigenvalue weighted by atomic mass is 10.1. The fraction of sp³-hybridized carbons (Fsp3) is 0.0741. The number of H-pyrrole nitrogens is 1. The van der Waals surface area contributed by atoms with E-state index in [-0.39, 0.29) is 5.82 Å². The Morgan fingerprint density at radius 2 is 1.91 bits per heavy atom. The summed E-state index contributed by atoms with van der Waals surface area (Å²) in [5, 5.41) is 9.83. The first kappa shape index (κ1) is 21.0. The number of rotatable bonds is 6. The van der Waals surface area contributed by atoms with Gasteiger partial charge in [0.2, 0.25) is 0 Å². The Morgan fingerprint density at radius 1 is 0.971 bits per heavy atom. The van der Waals surface area contributed by atoms with Gasteiger partial charge in [0.25, 0.3) is 0 Å². The van der Waals surface area contributed by atoms with Crippen LogP contribution in [-0.2, 0) is 13.1 Å². The maximum Gasteiger partial charge on any atom is 0.141 e. The first-order valence-electron chi connectivity index (χ1n) is 11.3. The van der Waals surface area contributed by atoms with Crippen LogP contribution in [0.4, 0.5) is 15.9 Å². The molecule has 0 radical (unpaired) electrons. The van der Waals surface area contributed by atoms with Gasteiger partial charge in [0.15, 0.2) is 0 Å². The van der Waals surface area contributed by atoms with Crippen LogP contribution in [0, 0.1) is 5.82 Å². The average Bonchev–Trinajstić information content (AvgIpc) is 3.51. The molecule has 0 amide bonds. The molecule has 3 aromatic heterocycles. The van der Waals surface area contributed by atoms with Gasteiger partial charge >= 0.3 is 0 Å². The Labute approximate surface area is 200 Å². The first-order valence-corrected chi connectivity index (χ1v) is 11.3. The number of hydrogen-bond acceptors (Lipinski definition) is 5. The number of anilines is 2. The number of aromatic amines is 1. The van der Waals surface area contributed by atoms with Gasteiger partial charge in [-0.05, 0) is 65.2 Å². The van der Waals surface area contributed by atoms with Crippen molar-refractivity contribution in [3.8, 4) is 11.1 Å². The van der Waals surface area contributed by atoms with Crippen molar-refractivity contribution in [1.82, 2.24) is 24.7 Å². The van der Waals surface area contributed by atoms with Gasteiger partial charge in [-0.25, -0.2) is 14.4 Å². The molecule has 0 spiro atoms. The van der Waals surface area contributed by atoms with Crippen molar-refractivity contribution in [1.29, 1.82) is 0 Å². The number of benzene rings is 3. The molecular formula is C27H22FN7. The second-order valence-electron chi connectivity index (χ2n) is 8.40. The van der Waals surface area contributed by atoms with E-state index in [4.69, 9.17) is 5.73 Å². The third kappa shape index (κ3) is 4.11. The van der Waals surface area contributed by atoms with E-state index >= 15 is 0 Å². The molecule has 0 saturated carbocycles. The molecule has 0 unspecified atom stereocenters. The summed E-state index contributed by atoms with van der Waals surface area (Å²) in [5.74, 6) is 0.472. The van der Waals surface area contributed by atoms with Crippen molar-refractivity contribution in [2.45, 2.75) is 13.1 Å². The summed E-state index contributed by atoms with van der Waals surface area (Å²) in [5.41, 5.74) is 12.4. The summed E-state index contributed by atoms with van der Waals surface area (Å²) in [4.78, 5) is 12.1. The van der Waals surface area contributed by atoms with Gasteiger partial charge in [-0.1, -0.05) is 18.2 Å². The maximum absolute atomic E-state index is 13.6. The molecule has 3 heterocycles. The third-order valence-electron chi connectivity index (χ3n) is 6.06. The monoisotopic (exact) mass is 463 g/mol. The normalized spacial score (nSPS) is 11.4. The van der Waals surface area contributed by atoms with E-state index in [1.165, 1.54) is 12.1 Å². The first-order chi connectivity index (χ1) is 17.2. The Kier molecular flexibility index (Phi) is 5.20. The van der Waals surface area contributed by atoms with Crippen LogP contribution in [0.3, 0.4) is 0 Å². The zero-order valence-electron chi connectivity index (χ0n) is 18.7. The number of nitrogens with two attached hydrogens (primary N) is 1. The van der Waals surface area contributed by atoms with E-state index in [9.17, 15) is 4.39 Å². The minimum atomic E-state index is -0.248. The van der Waals surface area contributed by atoms with Crippen LogP contribution in [0.1, 0.15) is 11.3 Å². The van der Waals surface area contributed by atoms with Crippen molar-refractivity contribution < 1.29 is 4.39 Å². The molecular weight excluding hydrogens is 441 g/mol. The van der Waals surface area contributed by atoms with E-state index in [1.54, 1.807) is 12.4 Å². The van der Waals surface area contributed by atoms with E-state index in [2.05, 4.69) is 31.4 Å². The second-order valence-corrected chi connectivity index (χ2v) is 8.40. The highest BCUT2D eigenvalue weighted by Crippen LogP contribution is 2.30. The van der Waals surface area contributed by atoms with Gasteiger partial charge in [-0.2, -0.15) is 5.10 Å². The van der Waals surface area contributed by atoms with Gasteiger partial charge in [0.05, 0.1) is 23.8 Å². The molecule has 8 heteroatoms. The van der Waals surface area contributed by atoms with Gasteiger partial charge in [-0.15, -0.1) is 0 Å². The predicted octanol–water partition coefficient (Wildman–Crippen LogP) is 5.36. The molecule has 0 bridgehead atoms. The van der Waals surface area contributed by atoms with E-state index in [0.717, 1.165) is 55.7 Å². The van der Waals surface area contributed by atoms with Crippen molar-refractivity contribution in [3.63, 3.8) is 0 Å². The SMILES string of the molecule is NCc1cc(-c2ccc3ncnc(Nc4ccc5c(cnn5Cc5cccc(F)c5)c4)c3c2)c[nH]1. The molecule has 0 aliphatic heterocycles. The Hall–Kier alpha value is -4.56. The highest BCUT2D eigenvalue weighted by atomic mass is 19.1. The highest BCUT2D eigenvalue weighted by molar-refractivity contribution is 5.94. The largest absolute Gasteiger partial charge is 0.363 e. The van der Waals surface area contributed by atoms with Crippen molar-refractivity contribution >= 4 is 33.3 Å². The summed E-state index contributed by atoms with van der Waals surface area (Å²) < 4.78 is 15.4. The van der Waals surface area contributed by atoms with Crippen molar-refractivity contribution in [2.75, 3.05) is 5.32 Å². The Morgan fingerprint density at radius 3 is 2.77 bits per heavy atom. The number of nitrogens with zero attached hydrogens (tertiary/aromatic N) is 4. The minimum Gasteiger partial charge on any atom is -0.363 e. The summed E-state index contributed by atoms with van der Waals surface area (Å²) >= 11 is 0.